The number of nitriles is 1. The molecular formula is C22H29BrN2O4. The minimum absolute atomic E-state index is 0.0572. The second kappa shape index (κ2) is 9.27. The van der Waals surface area contributed by atoms with E-state index in [1.165, 1.54) is 6.07 Å². The van der Waals surface area contributed by atoms with Gasteiger partial charge >= 0.3 is 6.09 Å². The number of nitrogens with zero attached hydrogens (tertiary/aromatic N) is 1. The van der Waals surface area contributed by atoms with Crippen LogP contribution in [0.5, 0.6) is 0 Å². The average Bonchev–Trinajstić information content (AvgIpc) is 2.62. The van der Waals surface area contributed by atoms with Crippen LogP contribution in [0, 0.1) is 17.2 Å². The Balaban J connectivity index is 1.93. The number of Topliss-reactive ketones (excluding diaryl/α,β-unsaturated/α-hetero) is 1. The molecule has 0 spiro atoms. The fourth-order valence-electron chi connectivity index (χ4n) is 3.71. The van der Waals surface area contributed by atoms with Crippen molar-refractivity contribution in [1.29, 1.82) is 5.26 Å². The van der Waals surface area contributed by atoms with Crippen LogP contribution in [-0.2, 0) is 4.74 Å². The average molecular weight is 465 g/mol. The zero-order valence-corrected chi connectivity index (χ0v) is 19.0. The van der Waals surface area contributed by atoms with E-state index in [0.29, 0.717) is 47.2 Å². The highest BCUT2D eigenvalue weighted by Gasteiger charge is 2.41. The highest BCUT2D eigenvalue weighted by atomic mass is 79.9. The number of halogens is 1. The molecule has 1 saturated carbocycles. The van der Waals surface area contributed by atoms with Gasteiger partial charge in [-0.15, -0.1) is 0 Å². The van der Waals surface area contributed by atoms with Gasteiger partial charge in [-0.05, 0) is 83.9 Å². The van der Waals surface area contributed by atoms with Gasteiger partial charge in [-0.25, -0.2) is 4.79 Å². The van der Waals surface area contributed by atoms with Gasteiger partial charge in [-0.1, -0.05) is 15.9 Å². The van der Waals surface area contributed by atoms with Crippen molar-refractivity contribution in [2.75, 3.05) is 0 Å². The smallest absolute Gasteiger partial charge is 0.407 e. The number of hydrogen-bond donors (Lipinski definition) is 2. The van der Waals surface area contributed by atoms with Crippen molar-refractivity contribution >= 4 is 27.8 Å². The predicted octanol–water partition coefficient (Wildman–Crippen LogP) is 4.73. The monoisotopic (exact) mass is 464 g/mol. The molecule has 1 aliphatic carbocycles. The van der Waals surface area contributed by atoms with E-state index in [9.17, 15) is 14.7 Å². The van der Waals surface area contributed by atoms with Crippen molar-refractivity contribution in [3.05, 3.63) is 33.8 Å². The second-order valence-electron chi connectivity index (χ2n) is 8.89. The zero-order valence-electron chi connectivity index (χ0n) is 17.4. The van der Waals surface area contributed by atoms with Crippen LogP contribution in [0.25, 0.3) is 0 Å². The number of alkyl carbamates (subject to hydrolysis) is 1. The van der Waals surface area contributed by atoms with E-state index in [0.717, 1.165) is 6.42 Å². The topological polar surface area (TPSA) is 99.4 Å². The van der Waals surface area contributed by atoms with Crippen molar-refractivity contribution < 1.29 is 19.4 Å². The molecule has 7 heteroatoms. The third-order valence-corrected chi connectivity index (χ3v) is 5.84. The number of ether oxygens (including phenoxy) is 1. The summed E-state index contributed by atoms with van der Waals surface area (Å²) in [6, 6.07) is 6.77. The first-order valence-electron chi connectivity index (χ1n) is 9.90. The Kier molecular flexibility index (Phi) is 7.47. The lowest BCUT2D eigenvalue weighted by Gasteiger charge is -2.36. The Morgan fingerprint density at radius 1 is 1.38 bits per heavy atom. The van der Waals surface area contributed by atoms with Crippen molar-refractivity contribution in [2.24, 2.45) is 5.92 Å². The normalized spacial score (nSPS) is 23.0. The molecule has 0 bridgehead atoms. The van der Waals surface area contributed by atoms with Crippen molar-refractivity contribution in [3.8, 4) is 6.07 Å². The molecule has 0 unspecified atom stereocenters. The molecule has 2 N–H and O–H groups in total. The van der Waals surface area contributed by atoms with Gasteiger partial charge in [0.25, 0.3) is 0 Å². The van der Waals surface area contributed by atoms with Crippen molar-refractivity contribution in [2.45, 2.75) is 77.0 Å². The molecule has 29 heavy (non-hydrogen) atoms. The summed E-state index contributed by atoms with van der Waals surface area (Å²) in [5.74, 6) is -0.0400. The van der Waals surface area contributed by atoms with Crippen LogP contribution < -0.4 is 5.32 Å². The molecule has 1 aliphatic rings. The Bertz CT molecular complexity index is 802. The first-order valence-corrected chi connectivity index (χ1v) is 10.7. The van der Waals surface area contributed by atoms with Crippen LogP contribution >= 0.6 is 15.9 Å². The summed E-state index contributed by atoms with van der Waals surface area (Å²) in [7, 11) is 0. The van der Waals surface area contributed by atoms with Crippen LogP contribution in [0.2, 0.25) is 0 Å². The van der Waals surface area contributed by atoms with E-state index in [2.05, 4.69) is 21.2 Å². The summed E-state index contributed by atoms with van der Waals surface area (Å²) in [6.45, 7) is 7.39. The minimum atomic E-state index is -1.42. The number of aliphatic hydroxyl groups is 1. The van der Waals surface area contributed by atoms with E-state index in [4.69, 9.17) is 10.00 Å². The second-order valence-corrected chi connectivity index (χ2v) is 9.75. The van der Waals surface area contributed by atoms with Gasteiger partial charge in [-0.3, -0.25) is 4.79 Å². The predicted molar refractivity (Wildman–Crippen MR) is 114 cm³/mol. The lowest BCUT2D eigenvalue weighted by Crippen LogP contribution is -2.44. The fourth-order valence-corrected chi connectivity index (χ4v) is 4.13. The zero-order chi connectivity index (χ0) is 21.8. The molecule has 0 radical (unpaired) electrons. The van der Waals surface area contributed by atoms with Gasteiger partial charge in [-0.2, -0.15) is 5.26 Å². The van der Waals surface area contributed by atoms with E-state index in [1.807, 2.05) is 33.8 Å². The molecule has 0 aliphatic heterocycles. The summed E-state index contributed by atoms with van der Waals surface area (Å²) in [5.41, 5.74) is -1.24. The van der Waals surface area contributed by atoms with E-state index in [-0.39, 0.29) is 11.8 Å². The van der Waals surface area contributed by atoms with Gasteiger partial charge < -0.3 is 15.2 Å². The Morgan fingerprint density at radius 2 is 2.00 bits per heavy atom. The van der Waals surface area contributed by atoms with Crippen LogP contribution in [0.15, 0.2) is 22.7 Å². The first-order chi connectivity index (χ1) is 13.4. The van der Waals surface area contributed by atoms with E-state index in [1.54, 1.807) is 12.1 Å². The van der Waals surface area contributed by atoms with Gasteiger partial charge in [0.1, 0.15) is 11.2 Å². The number of amides is 1. The molecule has 0 saturated heterocycles. The summed E-state index contributed by atoms with van der Waals surface area (Å²) >= 11 is 3.35. The van der Waals surface area contributed by atoms with Crippen molar-refractivity contribution in [1.82, 2.24) is 5.32 Å². The lowest BCUT2D eigenvalue weighted by atomic mass is 9.73. The van der Waals surface area contributed by atoms with E-state index < -0.39 is 17.3 Å². The van der Waals surface area contributed by atoms with Crippen LogP contribution in [0.1, 0.15) is 75.7 Å². The maximum absolute atomic E-state index is 13.0. The van der Waals surface area contributed by atoms with Gasteiger partial charge in [0, 0.05) is 16.1 Å². The molecule has 1 amide bonds. The van der Waals surface area contributed by atoms with Gasteiger partial charge in [0.15, 0.2) is 5.78 Å². The van der Waals surface area contributed by atoms with Crippen LogP contribution in [0.3, 0.4) is 0 Å². The third kappa shape index (κ3) is 6.55. The SMILES string of the molecule is C[C@@H](CC1CCC(O)(C(=O)c2cc(C#N)ccc2Br)CC1)NC(=O)OC(C)(C)C. The number of ketones is 1. The molecule has 1 atom stereocenters. The first kappa shape index (κ1) is 23.4. The third-order valence-electron chi connectivity index (χ3n) is 5.15. The van der Waals surface area contributed by atoms with Gasteiger partial charge in [0.2, 0.25) is 0 Å². The number of carbonyl (C=O) groups is 2. The summed E-state index contributed by atoms with van der Waals surface area (Å²) in [6.07, 6.45) is 2.43. The molecule has 0 heterocycles. The number of rotatable bonds is 5. The molecule has 6 nitrogen and oxygen atoms in total. The van der Waals surface area contributed by atoms with Crippen molar-refractivity contribution in [3.63, 3.8) is 0 Å². The highest BCUT2D eigenvalue weighted by molar-refractivity contribution is 9.10. The quantitative estimate of drug-likeness (QED) is 0.613. The highest BCUT2D eigenvalue weighted by Crippen LogP contribution is 2.37. The summed E-state index contributed by atoms with van der Waals surface area (Å²) < 4.78 is 5.86. The largest absolute Gasteiger partial charge is 0.444 e. The van der Waals surface area contributed by atoms with E-state index >= 15 is 0 Å². The number of hydrogen-bond acceptors (Lipinski definition) is 5. The maximum atomic E-state index is 13.0. The Hall–Kier alpha value is -1.91. The van der Waals surface area contributed by atoms with Gasteiger partial charge in [0.05, 0.1) is 11.6 Å². The molecule has 1 aromatic carbocycles. The Labute approximate surface area is 180 Å². The standard InChI is InChI=1S/C22H29BrN2O4/c1-14(25-20(27)29-21(2,3)4)11-15-7-9-22(28,10-8-15)19(26)17-12-16(13-24)5-6-18(17)23/h5-6,12,14-15,28H,7-11H2,1-4H3,(H,25,27)/t14-,15?,22?/m0/s1. The number of nitrogens with one attached hydrogen (secondary N) is 1. The molecule has 0 aromatic heterocycles. The molecule has 158 valence electrons. The molecular weight excluding hydrogens is 436 g/mol. The molecule has 1 fully saturated rings. The maximum Gasteiger partial charge on any atom is 0.407 e. The minimum Gasteiger partial charge on any atom is -0.444 e. The lowest BCUT2D eigenvalue weighted by molar-refractivity contribution is 0.000991. The summed E-state index contributed by atoms with van der Waals surface area (Å²) in [5, 5.41) is 22.9. The fraction of sp³-hybridized carbons (Fsp3) is 0.591. The Morgan fingerprint density at radius 3 is 2.55 bits per heavy atom. The van der Waals surface area contributed by atoms with Crippen LogP contribution in [-0.4, -0.2) is 34.2 Å². The number of benzene rings is 1. The molecule has 1 aromatic rings. The number of carbonyl (C=O) groups excluding carboxylic acids is 2. The summed E-state index contributed by atoms with van der Waals surface area (Å²) in [4.78, 5) is 24.9. The molecule has 2 rings (SSSR count). The van der Waals surface area contributed by atoms with Crippen LogP contribution in [0.4, 0.5) is 4.79 Å².